The van der Waals surface area contributed by atoms with Gasteiger partial charge in [0.15, 0.2) is 0 Å². The molecule has 2 aromatic rings. The second-order valence-corrected chi connectivity index (χ2v) is 5.54. The molecule has 0 bridgehead atoms. The molecule has 0 aliphatic rings. The Bertz CT molecular complexity index is 769. The number of nitro benzene ring substituents is 1. The lowest BCUT2D eigenvalue weighted by molar-refractivity contribution is -0.385. The number of hydrogen-bond donors (Lipinski definition) is 1. The molecule has 0 saturated heterocycles. The lowest BCUT2D eigenvalue weighted by Gasteiger charge is -2.14. The topological polar surface area (TPSA) is 72.2 Å². The molecule has 0 heterocycles. The highest BCUT2D eigenvalue weighted by molar-refractivity contribution is 6.02. The Hall–Kier alpha value is -2.95. The Kier molecular flexibility index (Phi) is 5.84. The first kappa shape index (κ1) is 17.4. The smallest absolute Gasteiger partial charge is 0.276 e. The van der Waals surface area contributed by atoms with Crippen LogP contribution >= 0.6 is 0 Å². The Morgan fingerprint density at radius 3 is 2.58 bits per heavy atom. The van der Waals surface area contributed by atoms with E-state index < -0.39 is 4.92 Å². The molecule has 0 saturated carbocycles. The second-order valence-electron chi connectivity index (χ2n) is 5.54. The van der Waals surface area contributed by atoms with E-state index in [0.717, 1.165) is 17.7 Å². The molecule has 0 aromatic heterocycles. The molecule has 1 amide bonds. The molecular weight excluding hydrogens is 304 g/mol. The third-order valence-corrected chi connectivity index (χ3v) is 3.91. The zero-order valence-electron chi connectivity index (χ0n) is 13.7. The summed E-state index contributed by atoms with van der Waals surface area (Å²) in [6, 6.07) is 14.0. The van der Waals surface area contributed by atoms with Crippen molar-refractivity contribution in [3.8, 4) is 0 Å². The molecule has 0 spiro atoms. The van der Waals surface area contributed by atoms with Gasteiger partial charge < -0.3 is 5.32 Å². The summed E-state index contributed by atoms with van der Waals surface area (Å²) in [5.74, 6) is 0.0181. The van der Waals surface area contributed by atoms with Crippen molar-refractivity contribution < 1.29 is 9.72 Å². The van der Waals surface area contributed by atoms with Crippen molar-refractivity contribution in [1.82, 2.24) is 0 Å². The Morgan fingerprint density at radius 1 is 1.21 bits per heavy atom. The minimum absolute atomic E-state index is 0.0263. The molecule has 1 N–H and O–H groups in total. The first-order chi connectivity index (χ1) is 11.5. The fourth-order valence-corrected chi connectivity index (χ4v) is 2.40. The van der Waals surface area contributed by atoms with Gasteiger partial charge in [-0.2, -0.15) is 0 Å². The second kappa shape index (κ2) is 8.06. The molecular formula is C19H20N2O3. The molecule has 1 unspecified atom stereocenters. The molecule has 0 aliphatic carbocycles. The van der Waals surface area contributed by atoms with E-state index in [9.17, 15) is 14.9 Å². The van der Waals surface area contributed by atoms with E-state index in [2.05, 4.69) is 19.2 Å². The van der Waals surface area contributed by atoms with Gasteiger partial charge in [-0.3, -0.25) is 14.9 Å². The number of nitrogens with one attached hydrogen (secondary N) is 1. The SMILES string of the molecule is CCC(C)c1ccccc1NC(=O)C=Cc1ccccc1[N+](=O)[O-]. The molecule has 0 aliphatic heterocycles. The predicted molar refractivity (Wildman–Crippen MR) is 95.9 cm³/mol. The summed E-state index contributed by atoms with van der Waals surface area (Å²) in [7, 11) is 0. The lowest BCUT2D eigenvalue weighted by Crippen LogP contribution is -2.10. The number of hydrogen-bond acceptors (Lipinski definition) is 3. The minimum atomic E-state index is -0.462. The van der Waals surface area contributed by atoms with E-state index >= 15 is 0 Å². The van der Waals surface area contributed by atoms with E-state index in [4.69, 9.17) is 0 Å². The molecule has 2 rings (SSSR count). The quantitative estimate of drug-likeness (QED) is 0.473. The van der Waals surface area contributed by atoms with E-state index in [1.165, 1.54) is 18.2 Å². The van der Waals surface area contributed by atoms with Crippen molar-refractivity contribution in [3.05, 3.63) is 75.8 Å². The fourth-order valence-electron chi connectivity index (χ4n) is 2.40. The van der Waals surface area contributed by atoms with Crippen molar-refractivity contribution in [3.63, 3.8) is 0 Å². The molecule has 2 aromatic carbocycles. The number of amides is 1. The Balaban J connectivity index is 2.16. The average molecular weight is 324 g/mol. The number of nitrogens with zero attached hydrogens (tertiary/aromatic N) is 1. The highest BCUT2D eigenvalue weighted by Crippen LogP contribution is 2.26. The van der Waals surface area contributed by atoms with Crippen molar-refractivity contribution >= 4 is 23.4 Å². The van der Waals surface area contributed by atoms with Crippen LogP contribution < -0.4 is 5.32 Å². The number of nitro groups is 1. The van der Waals surface area contributed by atoms with Gasteiger partial charge in [0, 0.05) is 17.8 Å². The van der Waals surface area contributed by atoms with Crippen molar-refractivity contribution in [2.24, 2.45) is 0 Å². The Labute approximate surface area is 141 Å². The van der Waals surface area contributed by atoms with Crippen LogP contribution in [0.1, 0.15) is 37.3 Å². The number of carbonyl (C=O) groups is 1. The summed E-state index contributed by atoms with van der Waals surface area (Å²) in [5.41, 5.74) is 2.21. The first-order valence-electron chi connectivity index (χ1n) is 7.84. The summed E-state index contributed by atoms with van der Waals surface area (Å²) in [4.78, 5) is 22.7. The predicted octanol–water partition coefficient (Wildman–Crippen LogP) is 4.76. The van der Waals surface area contributed by atoms with Crippen LogP contribution in [0.4, 0.5) is 11.4 Å². The van der Waals surface area contributed by atoms with Gasteiger partial charge in [-0.15, -0.1) is 0 Å². The molecule has 5 nitrogen and oxygen atoms in total. The van der Waals surface area contributed by atoms with Gasteiger partial charge in [-0.25, -0.2) is 0 Å². The third kappa shape index (κ3) is 4.29. The maximum Gasteiger partial charge on any atom is 0.276 e. The van der Waals surface area contributed by atoms with E-state index in [1.807, 2.05) is 24.3 Å². The van der Waals surface area contributed by atoms with Crippen molar-refractivity contribution in [2.75, 3.05) is 5.32 Å². The average Bonchev–Trinajstić information content (AvgIpc) is 2.60. The standard InChI is InChI=1S/C19H20N2O3/c1-3-14(2)16-9-5-6-10-17(16)20-19(22)13-12-15-8-4-7-11-18(15)21(23)24/h4-14H,3H2,1-2H3,(H,20,22). The van der Waals surface area contributed by atoms with Crippen LogP contribution in [0.3, 0.4) is 0 Å². The van der Waals surface area contributed by atoms with Crippen molar-refractivity contribution in [2.45, 2.75) is 26.2 Å². The van der Waals surface area contributed by atoms with Crippen LogP contribution in [0.5, 0.6) is 0 Å². The number of rotatable bonds is 6. The number of para-hydroxylation sites is 2. The third-order valence-electron chi connectivity index (χ3n) is 3.91. The lowest BCUT2D eigenvalue weighted by atomic mass is 9.97. The van der Waals surface area contributed by atoms with Gasteiger partial charge in [0.2, 0.25) is 5.91 Å². The fraction of sp³-hybridized carbons (Fsp3) is 0.211. The molecule has 124 valence electrons. The maximum absolute atomic E-state index is 12.2. The zero-order chi connectivity index (χ0) is 17.5. The van der Waals surface area contributed by atoms with E-state index in [-0.39, 0.29) is 11.6 Å². The largest absolute Gasteiger partial charge is 0.322 e. The summed E-state index contributed by atoms with van der Waals surface area (Å²) in [5, 5.41) is 13.8. The molecule has 1 atom stereocenters. The zero-order valence-corrected chi connectivity index (χ0v) is 13.7. The number of carbonyl (C=O) groups excluding carboxylic acids is 1. The van der Waals surface area contributed by atoms with Crippen LogP contribution in [0.25, 0.3) is 6.08 Å². The normalized spacial score (nSPS) is 12.1. The highest BCUT2D eigenvalue weighted by Gasteiger charge is 2.11. The van der Waals surface area contributed by atoms with Crippen LogP contribution in [0.15, 0.2) is 54.6 Å². The van der Waals surface area contributed by atoms with Crippen LogP contribution in [0, 0.1) is 10.1 Å². The summed E-state index contributed by atoms with van der Waals surface area (Å²) >= 11 is 0. The van der Waals surface area contributed by atoms with Crippen LogP contribution in [-0.4, -0.2) is 10.8 Å². The number of anilines is 1. The minimum Gasteiger partial charge on any atom is -0.322 e. The number of benzene rings is 2. The van der Waals surface area contributed by atoms with Crippen molar-refractivity contribution in [1.29, 1.82) is 0 Å². The molecule has 0 fully saturated rings. The van der Waals surface area contributed by atoms with Gasteiger partial charge in [0.05, 0.1) is 10.5 Å². The van der Waals surface area contributed by atoms with E-state index in [1.54, 1.807) is 18.2 Å². The Morgan fingerprint density at radius 2 is 1.88 bits per heavy atom. The summed E-state index contributed by atoms with van der Waals surface area (Å²) in [6.07, 6.45) is 3.74. The van der Waals surface area contributed by atoms with Gasteiger partial charge >= 0.3 is 0 Å². The highest BCUT2D eigenvalue weighted by atomic mass is 16.6. The maximum atomic E-state index is 12.2. The summed E-state index contributed by atoms with van der Waals surface area (Å²) in [6.45, 7) is 4.20. The van der Waals surface area contributed by atoms with Crippen LogP contribution in [-0.2, 0) is 4.79 Å². The molecule has 0 radical (unpaired) electrons. The van der Waals surface area contributed by atoms with E-state index in [0.29, 0.717) is 11.5 Å². The van der Waals surface area contributed by atoms with Crippen LogP contribution in [0.2, 0.25) is 0 Å². The van der Waals surface area contributed by atoms with Gasteiger partial charge in [-0.1, -0.05) is 44.2 Å². The molecule has 5 heteroatoms. The monoisotopic (exact) mass is 324 g/mol. The summed E-state index contributed by atoms with van der Waals surface area (Å²) < 4.78 is 0. The first-order valence-corrected chi connectivity index (χ1v) is 7.84. The molecule has 24 heavy (non-hydrogen) atoms. The van der Waals surface area contributed by atoms with Gasteiger partial charge in [-0.05, 0) is 36.1 Å². The van der Waals surface area contributed by atoms with Gasteiger partial charge in [0.1, 0.15) is 0 Å². The van der Waals surface area contributed by atoms with Gasteiger partial charge in [0.25, 0.3) is 5.69 Å².